The van der Waals surface area contributed by atoms with Crippen molar-refractivity contribution in [3.63, 3.8) is 0 Å². The highest BCUT2D eigenvalue weighted by molar-refractivity contribution is 7.84. The van der Waals surface area contributed by atoms with E-state index in [-0.39, 0.29) is 0 Å². The summed E-state index contributed by atoms with van der Waals surface area (Å²) in [5.74, 6) is 1.52. The SMILES string of the molecule is Cc1nc2c(c(-n3cnnc3S(C)=O)n1)CCCC2. The van der Waals surface area contributed by atoms with Gasteiger partial charge in [0, 0.05) is 17.5 Å². The van der Waals surface area contributed by atoms with E-state index in [0.29, 0.717) is 5.16 Å². The summed E-state index contributed by atoms with van der Waals surface area (Å²) in [6.45, 7) is 1.88. The Bertz CT molecular complexity index is 652. The lowest BCUT2D eigenvalue weighted by Gasteiger charge is -2.18. The van der Waals surface area contributed by atoms with Gasteiger partial charge in [-0.25, -0.2) is 9.97 Å². The smallest absolute Gasteiger partial charge is 0.226 e. The number of hydrogen-bond donors (Lipinski definition) is 0. The first-order valence-electron chi connectivity index (χ1n) is 6.27. The van der Waals surface area contributed by atoms with Gasteiger partial charge in [-0.1, -0.05) is 0 Å². The van der Waals surface area contributed by atoms with E-state index < -0.39 is 10.8 Å². The average Bonchev–Trinajstić information content (AvgIpc) is 2.86. The molecule has 2 aromatic rings. The van der Waals surface area contributed by atoms with E-state index >= 15 is 0 Å². The molecule has 0 amide bonds. The first-order chi connectivity index (χ1) is 9.16. The van der Waals surface area contributed by atoms with Gasteiger partial charge in [0.15, 0.2) is 0 Å². The van der Waals surface area contributed by atoms with Crippen molar-refractivity contribution in [3.05, 3.63) is 23.4 Å². The van der Waals surface area contributed by atoms with Gasteiger partial charge in [0.25, 0.3) is 0 Å². The average molecular weight is 277 g/mol. The summed E-state index contributed by atoms with van der Waals surface area (Å²) in [7, 11) is -1.19. The van der Waals surface area contributed by atoms with E-state index in [1.807, 2.05) is 6.92 Å². The van der Waals surface area contributed by atoms with Crippen LogP contribution in [0.1, 0.15) is 29.9 Å². The summed E-state index contributed by atoms with van der Waals surface area (Å²) >= 11 is 0. The molecule has 0 radical (unpaired) electrons. The first-order valence-corrected chi connectivity index (χ1v) is 7.83. The number of fused-ring (bicyclic) bond motifs is 1. The Labute approximate surface area is 113 Å². The lowest BCUT2D eigenvalue weighted by molar-refractivity contribution is 0.642. The maximum Gasteiger partial charge on any atom is 0.226 e. The molecule has 2 heterocycles. The van der Waals surface area contributed by atoms with Crippen LogP contribution in [-0.4, -0.2) is 35.2 Å². The molecule has 19 heavy (non-hydrogen) atoms. The monoisotopic (exact) mass is 277 g/mol. The minimum absolute atomic E-state index is 0.436. The van der Waals surface area contributed by atoms with Crippen LogP contribution < -0.4 is 0 Å². The molecule has 2 aromatic heterocycles. The van der Waals surface area contributed by atoms with Crippen LogP contribution in [0, 0.1) is 6.92 Å². The standard InChI is InChI=1S/C12H15N5OS/c1-8-14-10-6-4-3-5-9(10)11(15-8)17-7-13-16-12(17)19(2)18/h7H,3-6H2,1-2H3. The lowest BCUT2D eigenvalue weighted by Crippen LogP contribution is -2.15. The van der Waals surface area contributed by atoms with Gasteiger partial charge in [-0.3, -0.25) is 8.78 Å². The molecule has 0 aliphatic heterocycles. The van der Waals surface area contributed by atoms with Crippen LogP contribution in [0.5, 0.6) is 0 Å². The second-order valence-electron chi connectivity index (χ2n) is 4.66. The molecule has 0 spiro atoms. The van der Waals surface area contributed by atoms with Crippen molar-refractivity contribution in [2.75, 3.05) is 6.26 Å². The van der Waals surface area contributed by atoms with Crippen molar-refractivity contribution >= 4 is 10.8 Å². The van der Waals surface area contributed by atoms with Crippen molar-refractivity contribution in [1.29, 1.82) is 0 Å². The summed E-state index contributed by atoms with van der Waals surface area (Å²) in [4.78, 5) is 9.03. The van der Waals surface area contributed by atoms with Gasteiger partial charge in [0.05, 0.1) is 10.8 Å². The van der Waals surface area contributed by atoms with Crippen molar-refractivity contribution in [2.24, 2.45) is 0 Å². The fourth-order valence-electron chi connectivity index (χ4n) is 2.46. The third-order valence-electron chi connectivity index (χ3n) is 3.27. The minimum Gasteiger partial charge on any atom is -0.258 e. The molecule has 0 saturated carbocycles. The highest BCUT2D eigenvalue weighted by atomic mass is 32.2. The quantitative estimate of drug-likeness (QED) is 0.818. The summed E-state index contributed by atoms with van der Waals surface area (Å²) in [5, 5.41) is 8.22. The molecule has 0 saturated heterocycles. The molecule has 0 N–H and O–H groups in total. The Morgan fingerprint density at radius 3 is 2.84 bits per heavy atom. The Kier molecular flexibility index (Phi) is 3.14. The minimum atomic E-state index is -1.19. The molecular formula is C12H15N5OS. The van der Waals surface area contributed by atoms with Crippen LogP contribution in [0.25, 0.3) is 5.82 Å². The molecule has 1 atom stereocenters. The predicted octanol–water partition coefficient (Wildman–Crippen LogP) is 0.982. The summed E-state index contributed by atoms with van der Waals surface area (Å²) in [6.07, 6.45) is 7.42. The zero-order valence-corrected chi connectivity index (χ0v) is 11.8. The van der Waals surface area contributed by atoms with Crippen LogP contribution in [0.15, 0.2) is 11.5 Å². The second kappa shape index (κ2) is 4.80. The number of hydrogen-bond acceptors (Lipinski definition) is 5. The third-order valence-corrected chi connectivity index (χ3v) is 4.07. The van der Waals surface area contributed by atoms with E-state index in [1.54, 1.807) is 17.2 Å². The van der Waals surface area contributed by atoms with Gasteiger partial charge in [0.2, 0.25) is 5.16 Å². The topological polar surface area (TPSA) is 73.6 Å². The van der Waals surface area contributed by atoms with Gasteiger partial charge in [-0.15, -0.1) is 10.2 Å². The van der Waals surface area contributed by atoms with Crippen LogP contribution >= 0.6 is 0 Å². The zero-order chi connectivity index (χ0) is 13.4. The van der Waals surface area contributed by atoms with Gasteiger partial charge in [-0.2, -0.15) is 0 Å². The van der Waals surface area contributed by atoms with Crippen molar-refractivity contribution in [2.45, 2.75) is 37.8 Å². The van der Waals surface area contributed by atoms with Gasteiger partial charge in [-0.05, 0) is 32.6 Å². The predicted molar refractivity (Wildman–Crippen MR) is 70.7 cm³/mol. The summed E-state index contributed by atoms with van der Waals surface area (Å²) < 4.78 is 13.4. The zero-order valence-electron chi connectivity index (χ0n) is 11.0. The van der Waals surface area contributed by atoms with E-state index in [9.17, 15) is 4.21 Å². The normalized spacial score (nSPS) is 16.1. The number of aryl methyl sites for hydroxylation is 2. The molecule has 0 fully saturated rings. The Morgan fingerprint density at radius 1 is 1.26 bits per heavy atom. The first kappa shape index (κ1) is 12.4. The van der Waals surface area contributed by atoms with E-state index in [4.69, 9.17) is 0 Å². The molecule has 1 unspecified atom stereocenters. The van der Waals surface area contributed by atoms with Crippen LogP contribution in [0.2, 0.25) is 0 Å². The van der Waals surface area contributed by atoms with Crippen molar-refractivity contribution < 1.29 is 4.21 Å². The van der Waals surface area contributed by atoms with Crippen LogP contribution in [-0.2, 0) is 23.6 Å². The molecule has 1 aliphatic carbocycles. The van der Waals surface area contributed by atoms with Crippen molar-refractivity contribution in [1.82, 2.24) is 24.7 Å². The van der Waals surface area contributed by atoms with E-state index in [2.05, 4.69) is 20.2 Å². The Morgan fingerprint density at radius 2 is 2.05 bits per heavy atom. The van der Waals surface area contributed by atoms with Crippen LogP contribution in [0.4, 0.5) is 0 Å². The Hall–Kier alpha value is -1.63. The highest BCUT2D eigenvalue weighted by Gasteiger charge is 2.20. The number of rotatable bonds is 2. The molecule has 7 heteroatoms. The maximum absolute atomic E-state index is 11.7. The molecular weight excluding hydrogens is 262 g/mol. The number of aromatic nitrogens is 5. The largest absolute Gasteiger partial charge is 0.258 e. The fourth-order valence-corrected chi connectivity index (χ4v) is 3.03. The molecule has 100 valence electrons. The molecule has 1 aliphatic rings. The van der Waals surface area contributed by atoms with E-state index in [0.717, 1.165) is 48.6 Å². The Balaban J connectivity index is 2.22. The van der Waals surface area contributed by atoms with Crippen molar-refractivity contribution in [3.8, 4) is 5.82 Å². The van der Waals surface area contributed by atoms with Gasteiger partial charge in [0.1, 0.15) is 18.0 Å². The summed E-state index contributed by atoms with van der Waals surface area (Å²) in [6, 6.07) is 0. The molecule has 0 aromatic carbocycles. The second-order valence-corrected chi connectivity index (χ2v) is 5.94. The van der Waals surface area contributed by atoms with E-state index in [1.165, 1.54) is 0 Å². The fraction of sp³-hybridized carbons (Fsp3) is 0.500. The summed E-state index contributed by atoms with van der Waals surface area (Å²) in [5.41, 5.74) is 2.25. The number of nitrogens with zero attached hydrogens (tertiary/aromatic N) is 5. The molecule has 6 nitrogen and oxygen atoms in total. The van der Waals surface area contributed by atoms with Crippen LogP contribution in [0.3, 0.4) is 0 Å². The molecule has 0 bridgehead atoms. The highest BCUT2D eigenvalue weighted by Crippen LogP contribution is 2.25. The third kappa shape index (κ3) is 2.18. The molecule has 3 rings (SSSR count). The van der Waals surface area contributed by atoms with Gasteiger partial charge >= 0.3 is 0 Å². The van der Waals surface area contributed by atoms with Gasteiger partial charge < -0.3 is 0 Å². The maximum atomic E-state index is 11.7. The lowest BCUT2D eigenvalue weighted by atomic mass is 9.96.